The van der Waals surface area contributed by atoms with Crippen LogP contribution in [0.4, 0.5) is 25.0 Å². The van der Waals surface area contributed by atoms with Crippen LogP contribution in [0.3, 0.4) is 0 Å². The van der Waals surface area contributed by atoms with E-state index in [1.165, 1.54) is 6.20 Å². The molecule has 0 bridgehead atoms. The summed E-state index contributed by atoms with van der Waals surface area (Å²) < 4.78 is 32.4. The van der Waals surface area contributed by atoms with Crippen molar-refractivity contribution < 1.29 is 23.4 Å². The van der Waals surface area contributed by atoms with Crippen LogP contribution in [0.2, 0.25) is 0 Å². The van der Waals surface area contributed by atoms with Crippen LogP contribution in [0.1, 0.15) is 11.9 Å². The number of rotatable bonds is 6. The van der Waals surface area contributed by atoms with E-state index in [-0.39, 0.29) is 5.69 Å². The van der Waals surface area contributed by atoms with Crippen LogP contribution in [0.15, 0.2) is 60.8 Å². The molecule has 1 atom stereocenters. The summed E-state index contributed by atoms with van der Waals surface area (Å²) in [6, 6.07) is 11.7. The van der Waals surface area contributed by atoms with Crippen LogP contribution >= 0.6 is 0 Å². The molecule has 0 spiro atoms. The van der Waals surface area contributed by atoms with E-state index in [9.17, 15) is 18.7 Å². The lowest BCUT2D eigenvalue weighted by Gasteiger charge is -2.12. The SMILES string of the molecule is CNC(O)c1cc(Oc2ccc(NC(=O)Nc3cc(F)ccc3F)cc2)ccn1. The van der Waals surface area contributed by atoms with Crippen molar-refractivity contribution in [1.82, 2.24) is 10.3 Å². The molecule has 4 N–H and O–H groups in total. The monoisotopic (exact) mass is 400 g/mol. The van der Waals surface area contributed by atoms with Gasteiger partial charge in [0.25, 0.3) is 0 Å². The third kappa shape index (κ3) is 5.47. The second-order valence-corrected chi connectivity index (χ2v) is 5.94. The Balaban J connectivity index is 1.61. The van der Waals surface area contributed by atoms with E-state index in [1.54, 1.807) is 43.4 Å². The lowest BCUT2D eigenvalue weighted by Crippen LogP contribution is -2.20. The van der Waals surface area contributed by atoms with Gasteiger partial charge in [-0.3, -0.25) is 10.3 Å². The largest absolute Gasteiger partial charge is 0.457 e. The van der Waals surface area contributed by atoms with Gasteiger partial charge in [0.05, 0.1) is 11.4 Å². The van der Waals surface area contributed by atoms with Crippen LogP contribution in [-0.2, 0) is 0 Å². The molecule has 150 valence electrons. The summed E-state index contributed by atoms with van der Waals surface area (Å²) in [5.74, 6) is -0.442. The number of aromatic nitrogens is 1. The van der Waals surface area contributed by atoms with Crippen LogP contribution in [0.25, 0.3) is 0 Å². The highest BCUT2D eigenvalue weighted by Gasteiger charge is 2.10. The van der Waals surface area contributed by atoms with Gasteiger partial charge in [0.15, 0.2) is 0 Å². The molecule has 0 radical (unpaired) electrons. The standard InChI is InChI=1S/C20H18F2N4O3/c1-23-19(27)18-11-15(8-9-24-18)29-14-5-3-13(4-6-14)25-20(28)26-17-10-12(21)2-7-16(17)22/h2-11,19,23,27H,1H3,(H2,25,26,28). The van der Waals surface area contributed by atoms with Crippen LogP contribution in [0.5, 0.6) is 11.5 Å². The molecule has 9 heteroatoms. The minimum Gasteiger partial charge on any atom is -0.457 e. The number of benzene rings is 2. The first-order chi connectivity index (χ1) is 13.9. The Bertz CT molecular complexity index is 999. The van der Waals surface area contributed by atoms with Gasteiger partial charge in [0, 0.05) is 24.0 Å². The van der Waals surface area contributed by atoms with Gasteiger partial charge in [0.1, 0.15) is 29.4 Å². The first-order valence-electron chi connectivity index (χ1n) is 8.57. The van der Waals surface area contributed by atoms with Crippen molar-refractivity contribution >= 4 is 17.4 Å². The molecule has 1 unspecified atom stereocenters. The number of pyridine rings is 1. The van der Waals surface area contributed by atoms with Gasteiger partial charge in [-0.1, -0.05) is 0 Å². The number of urea groups is 1. The average molecular weight is 400 g/mol. The molecule has 0 aliphatic rings. The number of ether oxygens (including phenoxy) is 1. The number of amides is 2. The van der Waals surface area contributed by atoms with Crippen molar-refractivity contribution in [3.8, 4) is 11.5 Å². The number of hydrogen-bond acceptors (Lipinski definition) is 5. The van der Waals surface area contributed by atoms with Gasteiger partial charge < -0.3 is 20.5 Å². The minimum absolute atomic E-state index is 0.264. The third-order valence-electron chi connectivity index (χ3n) is 3.83. The Hall–Kier alpha value is -3.56. The average Bonchev–Trinajstić information content (AvgIpc) is 2.72. The van der Waals surface area contributed by atoms with Crippen molar-refractivity contribution in [2.45, 2.75) is 6.23 Å². The van der Waals surface area contributed by atoms with Crippen molar-refractivity contribution in [3.63, 3.8) is 0 Å². The molecule has 29 heavy (non-hydrogen) atoms. The number of halogens is 2. The van der Waals surface area contributed by atoms with Crippen LogP contribution < -0.4 is 20.7 Å². The Morgan fingerprint density at radius 2 is 1.79 bits per heavy atom. The lowest BCUT2D eigenvalue weighted by molar-refractivity contribution is 0.144. The van der Waals surface area contributed by atoms with E-state index >= 15 is 0 Å². The van der Waals surface area contributed by atoms with Gasteiger partial charge >= 0.3 is 6.03 Å². The van der Waals surface area contributed by atoms with Gasteiger partial charge in [-0.2, -0.15) is 0 Å². The van der Waals surface area contributed by atoms with Gasteiger partial charge in [-0.25, -0.2) is 13.6 Å². The Morgan fingerprint density at radius 1 is 1.03 bits per heavy atom. The zero-order valence-electron chi connectivity index (χ0n) is 15.3. The minimum atomic E-state index is -0.911. The molecule has 3 aromatic rings. The number of nitrogens with zero attached hydrogens (tertiary/aromatic N) is 1. The Labute approximate surface area is 165 Å². The second-order valence-electron chi connectivity index (χ2n) is 5.94. The molecule has 3 rings (SSSR count). The van der Waals surface area contributed by atoms with Crippen molar-refractivity contribution in [1.29, 1.82) is 0 Å². The quantitative estimate of drug-likeness (QED) is 0.469. The molecule has 0 fully saturated rings. The zero-order valence-corrected chi connectivity index (χ0v) is 15.3. The number of carbonyl (C=O) groups is 1. The highest BCUT2D eigenvalue weighted by Crippen LogP contribution is 2.24. The molecule has 1 heterocycles. The maximum atomic E-state index is 13.6. The summed E-state index contributed by atoms with van der Waals surface area (Å²) >= 11 is 0. The molecule has 0 saturated carbocycles. The Kier molecular flexibility index (Phi) is 6.32. The number of nitrogens with one attached hydrogen (secondary N) is 3. The number of anilines is 2. The smallest absolute Gasteiger partial charge is 0.323 e. The summed E-state index contributed by atoms with van der Waals surface area (Å²) in [4.78, 5) is 16.0. The molecular formula is C20H18F2N4O3. The molecule has 2 aromatic carbocycles. The van der Waals surface area contributed by atoms with Crippen LogP contribution in [-0.4, -0.2) is 23.2 Å². The van der Waals surface area contributed by atoms with Gasteiger partial charge in [-0.15, -0.1) is 0 Å². The van der Waals surface area contributed by atoms with E-state index in [0.29, 0.717) is 22.9 Å². The van der Waals surface area contributed by atoms with Crippen molar-refractivity contribution in [3.05, 3.63) is 78.1 Å². The molecule has 1 aromatic heterocycles. The first kappa shape index (κ1) is 20.2. The number of hydrogen-bond donors (Lipinski definition) is 4. The maximum absolute atomic E-state index is 13.6. The van der Waals surface area contributed by atoms with E-state index in [1.807, 2.05) is 0 Å². The summed E-state index contributed by atoms with van der Waals surface area (Å²) in [7, 11) is 1.60. The summed E-state index contributed by atoms with van der Waals surface area (Å²) in [6.07, 6.45) is 0.600. The summed E-state index contributed by atoms with van der Waals surface area (Å²) in [5, 5.41) is 17.2. The number of aliphatic hydroxyl groups excluding tert-OH is 1. The number of aliphatic hydroxyl groups is 1. The fourth-order valence-electron chi connectivity index (χ4n) is 2.41. The second kappa shape index (κ2) is 9.09. The Morgan fingerprint density at radius 3 is 2.52 bits per heavy atom. The van der Waals surface area contributed by atoms with Crippen molar-refractivity contribution in [2.24, 2.45) is 0 Å². The van der Waals surface area contributed by atoms with Crippen LogP contribution in [0, 0.1) is 11.6 Å². The fraction of sp³-hybridized carbons (Fsp3) is 0.100. The molecule has 0 aliphatic heterocycles. The fourth-order valence-corrected chi connectivity index (χ4v) is 2.41. The highest BCUT2D eigenvalue weighted by molar-refractivity contribution is 5.99. The van der Waals surface area contributed by atoms with Gasteiger partial charge in [-0.05, 0) is 49.5 Å². The zero-order chi connectivity index (χ0) is 20.8. The predicted molar refractivity (Wildman–Crippen MR) is 104 cm³/mol. The molecule has 7 nitrogen and oxygen atoms in total. The molecule has 2 amide bonds. The van der Waals surface area contributed by atoms with Gasteiger partial charge in [0.2, 0.25) is 0 Å². The number of carbonyl (C=O) groups excluding carboxylic acids is 1. The van der Waals surface area contributed by atoms with E-state index < -0.39 is 23.9 Å². The normalized spacial score (nSPS) is 11.6. The van der Waals surface area contributed by atoms with Crippen molar-refractivity contribution in [2.75, 3.05) is 17.7 Å². The molecule has 0 aliphatic carbocycles. The lowest BCUT2D eigenvalue weighted by atomic mass is 10.3. The van der Waals surface area contributed by atoms with E-state index in [4.69, 9.17) is 4.74 Å². The maximum Gasteiger partial charge on any atom is 0.323 e. The highest BCUT2D eigenvalue weighted by atomic mass is 19.1. The predicted octanol–water partition coefficient (Wildman–Crippen LogP) is 4.01. The summed E-state index contributed by atoms with van der Waals surface area (Å²) in [5.41, 5.74) is 0.567. The molecule has 0 saturated heterocycles. The topological polar surface area (TPSA) is 95.5 Å². The van der Waals surface area contributed by atoms with E-state index in [2.05, 4.69) is 20.9 Å². The first-order valence-corrected chi connectivity index (χ1v) is 8.57. The summed E-state index contributed by atoms with van der Waals surface area (Å²) in [6.45, 7) is 0. The third-order valence-corrected chi connectivity index (χ3v) is 3.83. The van der Waals surface area contributed by atoms with E-state index in [0.717, 1.165) is 18.2 Å². The molecular weight excluding hydrogens is 382 g/mol.